The maximum Gasteiger partial charge on any atom is 0.221 e. The lowest BCUT2D eigenvalue weighted by molar-refractivity contribution is -0.122. The Kier molecular flexibility index (Phi) is 6.78. The van der Waals surface area contributed by atoms with Gasteiger partial charge in [-0.05, 0) is 19.3 Å². The molecule has 3 nitrogen and oxygen atoms in total. The molecule has 0 radical (unpaired) electrons. The molecule has 0 aliphatic heterocycles. The van der Waals surface area contributed by atoms with Crippen LogP contribution in [-0.2, 0) is 4.79 Å². The number of nitrogens with one attached hydrogen (secondary N) is 1. The summed E-state index contributed by atoms with van der Waals surface area (Å²) < 4.78 is 0. The van der Waals surface area contributed by atoms with Crippen molar-refractivity contribution in [1.82, 2.24) is 5.32 Å². The lowest BCUT2D eigenvalue weighted by atomic mass is 9.83. The second-order valence-corrected chi connectivity index (χ2v) is 5.47. The minimum atomic E-state index is -0.557. The third kappa shape index (κ3) is 5.08. The number of carbonyl (C=O) groups excluding carboxylic acids is 1. The van der Waals surface area contributed by atoms with E-state index in [2.05, 4.69) is 18.3 Å². The minimum Gasteiger partial charge on any atom is -0.338 e. The number of hydrogen-bond acceptors (Lipinski definition) is 2. The van der Waals surface area contributed by atoms with Crippen LogP contribution < -0.4 is 5.32 Å². The molecule has 1 saturated carbocycles. The first-order valence-electron chi connectivity index (χ1n) is 7.45. The normalized spacial score (nSPS) is 18.0. The molecule has 0 heterocycles. The van der Waals surface area contributed by atoms with Crippen molar-refractivity contribution in [3.05, 3.63) is 0 Å². The Morgan fingerprint density at radius 2 is 1.83 bits per heavy atom. The fourth-order valence-electron chi connectivity index (χ4n) is 2.64. The molecule has 1 aliphatic rings. The van der Waals surface area contributed by atoms with Crippen LogP contribution >= 0.6 is 0 Å². The summed E-state index contributed by atoms with van der Waals surface area (Å²) in [6.07, 6.45) is 11.3. The van der Waals surface area contributed by atoms with Crippen LogP contribution in [0.25, 0.3) is 0 Å². The number of nitriles is 1. The fraction of sp³-hybridized carbons (Fsp3) is 0.867. The van der Waals surface area contributed by atoms with E-state index < -0.39 is 5.54 Å². The molecule has 0 aromatic rings. The molecule has 0 spiro atoms. The van der Waals surface area contributed by atoms with Crippen molar-refractivity contribution in [1.29, 1.82) is 5.26 Å². The van der Waals surface area contributed by atoms with E-state index >= 15 is 0 Å². The van der Waals surface area contributed by atoms with E-state index in [-0.39, 0.29) is 5.91 Å². The fourth-order valence-corrected chi connectivity index (χ4v) is 2.64. The van der Waals surface area contributed by atoms with Gasteiger partial charge in [0.1, 0.15) is 5.54 Å². The molecule has 0 atom stereocenters. The van der Waals surface area contributed by atoms with Gasteiger partial charge in [-0.3, -0.25) is 4.79 Å². The van der Waals surface area contributed by atoms with Crippen molar-refractivity contribution in [2.24, 2.45) is 0 Å². The highest BCUT2D eigenvalue weighted by Gasteiger charge is 2.33. The average Bonchev–Trinajstić information content (AvgIpc) is 2.39. The Morgan fingerprint density at radius 1 is 1.17 bits per heavy atom. The Labute approximate surface area is 111 Å². The molecule has 1 aliphatic carbocycles. The third-order valence-corrected chi connectivity index (χ3v) is 3.81. The second-order valence-electron chi connectivity index (χ2n) is 5.47. The van der Waals surface area contributed by atoms with Gasteiger partial charge in [-0.2, -0.15) is 5.26 Å². The molecule has 0 aromatic heterocycles. The number of unbranched alkanes of at least 4 members (excludes halogenated alkanes) is 4. The lowest BCUT2D eigenvalue weighted by Gasteiger charge is -2.31. The summed E-state index contributed by atoms with van der Waals surface area (Å²) in [6, 6.07) is 2.33. The highest BCUT2D eigenvalue weighted by atomic mass is 16.1. The van der Waals surface area contributed by atoms with E-state index in [0.717, 1.165) is 38.5 Å². The predicted octanol–water partition coefficient (Wildman–Crippen LogP) is 3.69. The van der Waals surface area contributed by atoms with Gasteiger partial charge in [-0.1, -0.05) is 51.9 Å². The van der Waals surface area contributed by atoms with Gasteiger partial charge in [0, 0.05) is 6.42 Å². The third-order valence-electron chi connectivity index (χ3n) is 3.81. The van der Waals surface area contributed by atoms with Gasteiger partial charge in [0.25, 0.3) is 0 Å². The highest BCUT2D eigenvalue weighted by Crippen LogP contribution is 2.27. The summed E-state index contributed by atoms with van der Waals surface area (Å²) in [7, 11) is 0. The minimum absolute atomic E-state index is 0.0648. The topological polar surface area (TPSA) is 52.9 Å². The molecule has 102 valence electrons. The first-order valence-corrected chi connectivity index (χ1v) is 7.45. The molecule has 0 unspecified atom stereocenters. The summed E-state index contributed by atoms with van der Waals surface area (Å²) in [5, 5.41) is 12.2. The summed E-state index contributed by atoms with van der Waals surface area (Å²) in [6.45, 7) is 2.19. The largest absolute Gasteiger partial charge is 0.338 e. The summed E-state index contributed by atoms with van der Waals surface area (Å²) in [5.74, 6) is 0.0648. The molecule has 3 heteroatoms. The van der Waals surface area contributed by atoms with E-state index in [1.165, 1.54) is 25.7 Å². The van der Waals surface area contributed by atoms with Crippen molar-refractivity contribution < 1.29 is 4.79 Å². The predicted molar refractivity (Wildman–Crippen MR) is 72.9 cm³/mol. The zero-order chi connectivity index (χ0) is 13.3. The van der Waals surface area contributed by atoms with Crippen LogP contribution in [-0.4, -0.2) is 11.4 Å². The van der Waals surface area contributed by atoms with Crippen LogP contribution in [0.1, 0.15) is 77.6 Å². The van der Waals surface area contributed by atoms with Gasteiger partial charge in [0.2, 0.25) is 5.91 Å². The Balaban J connectivity index is 2.23. The summed E-state index contributed by atoms with van der Waals surface area (Å²) >= 11 is 0. The van der Waals surface area contributed by atoms with E-state index in [9.17, 15) is 10.1 Å². The lowest BCUT2D eigenvalue weighted by Crippen LogP contribution is -2.48. The molecule has 1 fully saturated rings. The number of rotatable bonds is 7. The molecular formula is C15H26N2O. The summed E-state index contributed by atoms with van der Waals surface area (Å²) in [5.41, 5.74) is -0.557. The van der Waals surface area contributed by atoms with Gasteiger partial charge in [0.15, 0.2) is 0 Å². The van der Waals surface area contributed by atoms with Gasteiger partial charge < -0.3 is 5.32 Å². The number of amides is 1. The molecule has 1 N–H and O–H groups in total. The van der Waals surface area contributed by atoms with E-state index in [1.54, 1.807) is 0 Å². The smallest absolute Gasteiger partial charge is 0.221 e. The number of hydrogen-bond donors (Lipinski definition) is 1. The average molecular weight is 250 g/mol. The van der Waals surface area contributed by atoms with Gasteiger partial charge in [-0.15, -0.1) is 0 Å². The molecule has 1 amide bonds. The molecule has 0 bridgehead atoms. The maximum absolute atomic E-state index is 11.8. The van der Waals surface area contributed by atoms with Crippen LogP contribution in [0.5, 0.6) is 0 Å². The van der Waals surface area contributed by atoms with E-state index in [0.29, 0.717) is 6.42 Å². The van der Waals surface area contributed by atoms with Crippen molar-refractivity contribution in [3.63, 3.8) is 0 Å². The van der Waals surface area contributed by atoms with Crippen molar-refractivity contribution >= 4 is 5.91 Å². The molecule has 18 heavy (non-hydrogen) atoms. The van der Waals surface area contributed by atoms with Gasteiger partial charge in [0.05, 0.1) is 6.07 Å². The number of carbonyl (C=O) groups is 1. The van der Waals surface area contributed by atoms with Gasteiger partial charge in [-0.25, -0.2) is 0 Å². The zero-order valence-electron chi connectivity index (χ0n) is 11.6. The Bertz CT molecular complexity index is 287. The maximum atomic E-state index is 11.8. The van der Waals surface area contributed by atoms with Crippen LogP contribution in [0, 0.1) is 11.3 Å². The Morgan fingerprint density at radius 3 is 2.44 bits per heavy atom. The highest BCUT2D eigenvalue weighted by molar-refractivity contribution is 5.77. The molecule has 0 aromatic carbocycles. The van der Waals surface area contributed by atoms with Crippen LogP contribution in [0.4, 0.5) is 0 Å². The monoisotopic (exact) mass is 250 g/mol. The first kappa shape index (κ1) is 15.0. The first-order chi connectivity index (χ1) is 8.72. The van der Waals surface area contributed by atoms with Crippen molar-refractivity contribution in [2.75, 3.05) is 0 Å². The summed E-state index contributed by atoms with van der Waals surface area (Å²) in [4.78, 5) is 11.8. The number of nitrogens with zero attached hydrogens (tertiary/aromatic N) is 1. The SMILES string of the molecule is CCCCCCCC(=O)NC1(C#N)CCCCC1. The molecule has 0 saturated heterocycles. The van der Waals surface area contributed by atoms with Crippen LogP contribution in [0.15, 0.2) is 0 Å². The van der Waals surface area contributed by atoms with E-state index in [4.69, 9.17) is 0 Å². The standard InChI is InChI=1S/C15H26N2O/c1-2-3-4-5-7-10-14(18)17-15(13-16)11-8-6-9-12-15/h2-12H2,1H3,(H,17,18). The second kappa shape index (κ2) is 8.13. The van der Waals surface area contributed by atoms with Crippen LogP contribution in [0.2, 0.25) is 0 Å². The Hall–Kier alpha value is -1.04. The molecular weight excluding hydrogens is 224 g/mol. The van der Waals surface area contributed by atoms with Crippen molar-refractivity contribution in [2.45, 2.75) is 83.1 Å². The quantitative estimate of drug-likeness (QED) is 0.701. The van der Waals surface area contributed by atoms with E-state index in [1.807, 2.05) is 0 Å². The van der Waals surface area contributed by atoms with Crippen LogP contribution in [0.3, 0.4) is 0 Å². The molecule has 1 rings (SSSR count). The van der Waals surface area contributed by atoms with Gasteiger partial charge >= 0.3 is 0 Å². The van der Waals surface area contributed by atoms with Crippen molar-refractivity contribution in [3.8, 4) is 6.07 Å². The zero-order valence-corrected chi connectivity index (χ0v) is 11.6.